The molecule has 2 aromatic rings. The molecule has 2 unspecified atom stereocenters. The molecule has 2 saturated heterocycles. The van der Waals surface area contributed by atoms with Crippen LogP contribution < -0.4 is 5.32 Å². The molecular formula is C20H29ClN4O10P2. The summed E-state index contributed by atoms with van der Waals surface area (Å²) in [6, 6.07) is 2.16. The zero-order valence-electron chi connectivity index (χ0n) is 20.1. The van der Waals surface area contributed by atoms with Gasteiger partial charge >= 0.3 is 15.4 Å². The Kier molecular flexibility index (Phi) is 7.49. The lowest BCUT2D eigenvalue weighted by molar-refractivity contribution is -0.199. The number of nitrogens with zero attached hydrogens (tertiary/aromatic N) is 3. The number of halogens is 1. The lowest BCUT2D eigenvalue weighted by Crippen LogP contribution is -2.32. The molecule has 5 atom stereocenters. The monoisotopic (exact) mass is 582 g/mol. The van der Waals surface area contributed by atoms with Crippen LogP contribution in [0.25, 0.3) is 11.0 Å². The Hall–Kier alpha value is -1.15. The van der Waals surface area contributed by atoms with Crippen LogP contribution >= 0.6 is 27.0 Å². The Bertz CT molecular complexity index is 1250. The van der Waals surface area contributed by atoms with Gasteiger partial charge in [-0.1, -0.05) is 12.8 Å². The molecule has 0 amide bonds. The minimum atomic E-state index is -4.78. The van der Waals surface area contributed by atoms with Crippen LogP contribution in [0.15, 0.2) is 12.3 Å². The first-order chi connectivity index (χ1) is 17.3. The van der Waals surface area contributed by atoms with Gasteiger partial charge in [0.05, 0.1) is 12.0 Å². The Morgan fingerprint density at radius 3 is 2.57 bits per heavy atom. The summed E-state index contributed by atoms with van der Waals surface area (Å²) in [6.07, 6.45) is 1.97. The fourth-order valence-corrected chi connectivity index (χ4v) is 6.72. The van der Waals surface area contributed by atoms with Crippen LogP contribution in [0.1, 0.15) is 45.8 Å². The van der Waals surface area contributed by atoms with Gasteiger partial charge in [-0.05, 0) is 44.4 Å². The third-order valence-electron chi connectivity index (χ3n) is 6.43. The summed E-state index contributed by atoms with van der Waals surface area (Å²) in [6.45, 7) is 3.00. The molecule has 3 fully saturated rings. The summed E-state index contributed by atoms with van der Waals surface area (Å²) in [7, 11) is -9.45. The number of aromatic nitrogens is 3. The van der Waals surface area contributed by atoms with Crippen molar-refractivity contribution < 1.29 is 47.1 Å². The van der Waals surface area contributed by atoms with Crippen LogP contribution in [-0.4, -0.2) is 72.3 Å². The van der Waals surface area contributed by atoms with Crippen molar-refractivity contribution in [3.05, 3.63) is 17.5 Å². The van der Waals surface area contributed by atoms with E-state index in [1.165, 1.54) is 0 Å². The van der Waals surface area contributed by atoms with Gasteiger partial charge < -0.3 is 38.8 Å². The minimum Gasteiger partial charge on any atom is -0.367 e. The number of phosphoric acid groups is 1. The quantitative estimate of drug-likeness (QED) is 0.250. The average molecular weight is 583 g/mol. The molecule has 206 valence electrons. The van der Waals surface area contributed by atoms with Crippen molar-refractivity contribution in [2.75, 3.05) is 18.3 Å². The summed E-state index contributed by atoms with van der Waals surface area (Å²) in [5.74, 6) is -0.345. The number of phosphoric ester groups is 1. The van der Waals surface area contributed by atoms with Crippen LogP contribution in [0.4, 0.5) is 5.82 Å². The second-order valence-electron chi connectivity index (χ2n) is 9.74. The molecule has 14 nitrogen and oxygen atoms in total. The molecule has 1 aliphatic carbocycles. The van der Waals surface area contributed by atoms with E-state index in [2.05, 4.69) is 19.8 Å². The van der Waals surface area contributed by atoms with E-state index in [1.807, 2.05) is 6.07 Å². The molecule has 5 rings (SSSR count). The van der Waals surface area contributed by atoms with Crippen LogP contribution in [0.2, 0.25) is 5.28 Å². The highest BCUT2D eigenvalue weighted by molar-refractivity contribution is 7.53. The summed E-state index contributed by atoms with van der Waals surface area (Å²) >= 11 is 6.27. The summed E-state index contributed by atoms with van der Waals surface area (Å²) in [5, 5.41) is 4.28. The van der Waals surface area contributed by atoms with E-state index in [-0.39, 0.29) is 5.28 Å². The number of fused-ring (bicyclic) bond motifs is 2. The molecule has 1 saturated carbocycles. The molecule has 2 aliphatic heterocycles. The van der Waals surface area contributed by atoms with Gasteiger partial charge in [-0.2, -0.15) is 4.98 Å². The predicted octanol–water partition coefficient (Wildman–Crippen LogP) is 3.13. The molecule has 0 aromatic carbocycles. The molecule has 4 heterocycles. The maximum absolute atomic E-state index is 12.1. The number of rotatable bonds is 9. The summed E-state index contributed by atoms with van der Waals surface area (Å²) in [5.41, 5.74) is 0.511. The topological polar surface area (TPSA) is 184 Å². The van der Waals surface area contributed by atoms with E-state index in [0.29, 0.717) is 17.5 Å². The van der Waals surface area contributed by atoms with E-state index in [9.17, 15) is 14.0 Å². The highest BCUT2D eigenvalue weighted by Crippen LogP contribution is 2.50. The molecule has 0 radical (unpaired) electrons. The number of nitrogens with one attached hydrogen (secondary N) is 1. The molecule has 0 bridgehead atoms. The van der Waals surface area contributed by atoms with Gasteiger partial charge in [0.25, 0.3) is 0 Å². The Labute approximate surface area is 217 Å². The van der Waals surface area contributed by atoms with Crippen LogP contribution in [0, 0.1) is 0 Å². The fourth-order valence-electron chi connectivity index (χ4n) is 4.96. The van der Waals surface area contributed by atoms with E-state index in [4.69, 9.17) is 40.1 Å². The average Bonchev–Trinajstić information content (AvgIpc) is 3.55. The molecule has 3 aliphatic rings. The molecule has 17 heteroatoms. The second kappa shape index (κ2) is 10.1. The van der Waals surface area contributed by atoms with Gasteiger partial charge in [0.15, 0.2) is 18.4 Å². The van der Waals surface area contributed by atoms with Crippen molar-refractivity contribution in [1.82, 2.24) is 14.5 Å². The fraction of sp³-hybridized carbons (Fsp3) is 0.700. The zero-order chi connectivity index (χ0) is 26.6. The Balaban J connectivity index is 1.38. The van der Waals surface area contributed by atoms with Gasteiger partial charge in [-0.25, -0.2) is 9.55 Å². The number of hydrogen-bond donors (Lipinski definition) is 4. The van der Waals surface area contributed by atoms with Crippen LogP contribution in [0.3, 0.4) is 0 Å². The zero-order valence-corrected chi connectivity index (χ0v) is 22.6. The van der Waals surface area contributed by atoms with Crippen molar-refractivity contribution in [3.63, 3.8) is 0 Å². The lowest BCUT2D eigenvalue weighted by Gasteiger charge is -2.25. The number of hydrogen-bond acceptors (Lipinski definition) is 10. The summed E-state index contributed by atoms with van der Waals surface area (Å²) < 4.78 is 52.5. The van der Waals surface area contributed by atoms with E-state index < -0.39 is 58.7 Å². The molecule has 0 spiro atoms. The van der Waals surface area contributed by atoms with Crippen molar-refractivity contribution in [3.8, 4) is 0 Å². The van der Waals surface area contributed by atoms with E-state index in [1.54, 1.807) is 24.6 Å². The van der Waals surface area contributed by atoms with E-state index in [0.717, 1.165) is 31.1 Å². The van der Waals surface area contributed by atoms with Crippen LogP contribution in [0.5, 0.6) is 0 Å². The normalized spacial score (nSPS) is 29.6. The van der Waals surface area contributed by atoms with Crippen molar-refractivity contribution in [2.45, 2.75) is 75.9 Å². The lowest BCUT2D eigenvalue weighted by atomic mass is 10.1. The second-order valence-corrected chi connectivity index (χ2v) is 13.1. The first-order valence-electron chi connectivity index (χ1n) is 11.8. The smallest absolute Gasteiger partial charge is 0.367 e. The Morgan fingerprint density at radius 2 is 1.86 bits per heavy atom. The van der Waals surface area contributed by atoms with Gasteiger partial charge in [-0.15, -0.1) is 0 Å². The first kappa shape index (κ1) is 27.4. The minimum absolute atomic E-state index is 0.0646. The molecule has 37 heavy (non-hydrogen) atoms. The molecular weight excluding hydrogens is 554 g/mol. The first-order valence-corrected chi connectivity index (χ1v) is 15.5. The third-order valence-corrected chi connectivity index (χ3v) is 8.20. The highest BCUT2D eigenvalue weighted by atomic mass is 35.5. The van der Waals surface area contributed by atoms with E-state index >= 15 is 0 Å². The SMILES string of the molecule is CC1(C)O[C@@H]2[C@H](O1)C(COP(=O)(O)OCP(=O)(O)O)O[C@H]2n1ccc2c(NC3CCCC3)nc(Cl)nc21. The molecule has 4 N–H and O–H groups in total. The summed E-state index contributed by atoms with van der Waals surface area (Å²) in [4.78, 5) is 36.4. The predicted molar refractivity (Wildman–Crippen MR) is 130 cm³/mol. The molecule has 2 aromatic heterocycles. The van der Waals surface area contributed by atoms with Gasteiger partial charge in [0, 0.05) is 12.2 Å². The maximum atomic E-state index is 12.1. The Morgan fingerprint density at radius 1 is 1.16 bits per heavy atom. The van der Waals surface area contributed by atoms with Gasteiger partial charge in [0.2, 0.25) is 5.28 Å². The standard InChI is InChI=1S/C20H29ClN4O10P2/c1-20(2)34-14-13(9-31-37(29,30)32-10-36(26,27)28)33-18(15(14)35-20)25-8-7-12-16(22-11-5-3-4-6-11)23-19(21)24-17(12)25/h7-8,11,13-15,18H,3-6,9-10H2,1-2H3,(H,29,30)(H,22,23,24)(H2,26,27,28)/t13?,14-,15-,18-/m1/s1. The third kappa shape index (κ3) is 6.21. The van der Waals surface area contributed by atoms with Crippen molar-refractivity contribution in [1.29, 1.82) is 0 Å². The van der Waals surface area contributed by atoms with Crippen molar-refractivity contribution >= 4 is 43.9 Å². The largest absolute Gasteiger partial charge is 0.472 e. The van der Waals surface area contributed by atoms with Crippen LogP contribution in [-0.2, 0) is 32.4 Å². The highest BCUT2D eigenvalue weighted by Gasteiger charge is 2.56. The van der Waals surface area contributed by atoms with Gasteiger partial charge in [-0.3, -0.25) is 13.6 Å². The number of ether oxygens (including phenoxy) is 3. The number of anilines is 1. The van der Waals surface area contributed by atoms with Crippen molar-refractivity contribution in [2.24, 2.45) is 0 Å². The maximum Gasteiger partial charge on any atom is 0.472 e. The van der Waals surface area contributed by atoms with Gasteiger partial charge in [0.1, 0.15) is 29.8 Å².